The van der Waals surface area contributed by atoms with Crippen LogP contribution >= 0.6 is 0 Å². The highest BCUT2D eigenvalue weighted by molar-refractivity contribution is 5.96. The van der Waals surface area contributed by atoms with Crippen LogP contribution in [0.2, 0.25) is 0 Å². The van der Waals surface area contributed by atoms with Gasteiger partial charge in [0.1, 0.15) is 12.1 Å². The molecule has 0 aliphatic carbocycles. The molecule has 2 aliphatic heterocycles. The van der Waals surface area contributed by atoms with Gasteiger partial charge in [-0.3, -0.25) is 9.59 Å². The van der Waals surface area contributed by atoms with E-state index < -0.39 is 6.04 Å². The van der Waals surface area contributed by atoms with Crippen LogP contribution in [0.3, 0.4) is 0 Å². The summed E-state index contributed by atoms with van der Waals surface area (Å²) in [6.45, 7) is 8.63. The summed E-state index contributed by atoms with van der Waals surface area (Å²) < 4.78 is 0. The lowest BCUT2D eigenvalue weighted by Crippen LogP contribution is -2.63. The largest absolute Gasteiger partial charge is 0.343 e. The molecule has 0 saturated carbocycles. The molecule has 0 spiro atoms. The van der Waals surface area contributed by atoms with Crippen molar-refractivity contribution in [3.63, 3.8) is 0 Å². The number of carbonyl (C=O) groups is 2. The molecule has 2 rings (SSSR count). The summed E-state index contributed by atoms with van der Waals surface area (Å²) in [6, 6.07) is -0.737. The van der Waals surface area contributed by atoms with Crippen LogP contribution in [-0.4, -0.2) is 60.4 Å². The third-order valence-corrected chi connectivity index (χ3v) is 4.61. The fraction of sp³-hybridized carbons (Fsp3) is 0.857. The number of carbonyl (C=O) groups excluding carboxylic acids is 2. The number of nitrogens with one attached hydrogen (secondary N) is 1. The Bertz CT molecular complexity index is 375. The number of piperazine rings is 1. The Morgan fingerprint density at radius 3 is 2.42 bits per heavy atom. The smallest absolute Gasteiger partial charge is 0.245 e. The number of hydrogen-bond donors (Lipinski definition) is 1. The Balaban J connectivity index is 2.07. The summed E-state index contributed by atoms with van der Waals surface area (Å²) >= 11 is 0. The molecule has 2 aliphatic rings. The minimum absolute atomic E-state index is 0.0383. The molecule has 2 heterocycles. The Kier molecular flexibility index (Phi) is 3.85. The van der Waals surface area contributed by atoms with E-state index in [4.69, 9.17) is 0 Å². The molecule has 5 nitrogen and oxygen atoms in total. The first-order valence-corrected chi connectivity index (χ1v) is 7.12. The molecule has 2 saturated heterocycles. The summed E-state index contributed by atoms with van der Waals surface area (Å²) in [5.74, 6) is 0.0101. The average molecular weight is 267 g/mol. The van der Waals surface area contributed by atoms with Crippen LogP contribution < -0.4 is 5.32 Å². The molecule has 0 bridgehead atoms. The summed E-state index contributed by atoms with van der Waals surface area (Å²) in [5, 5.41) is 2.73. The van der Waals surface area contributed by atoms with Crippen molar-refractivity contribution in [2.75, 3.05) is 26.7 Å². The van der Waals surface area contributed by atoms with Crippen molar-refractivity contribution < 1.29 is 9.59 Å². The molecular formula is C14H25N3O2. The molecule has 5 heteroatoms. The average Bonchev–Trinajstić information content (AvgIpc) is 2.36. The number of amides is 2. The van der Waals surface area contributed by atoms with Crippen molar-refractivity contribution in [3.05, 3.63) is 0 Å². The van der Waals surface area contributed by atoms with Gasteiger partial charge in [0.25, 0.3) is 0 Å². The molecule has 0 aromatic heterocycles. The highest BCUT2D eigenvalue weighted by atomic mass is 16.2. The molecule has 0 aromatic rings. The van der Waals surface area contributed by atoms with E-state index in [1.807, 2.05) is 6.92 Å². The van der Waals surface area contributed by atoms with Crippen LogP contribution in [0.5, 0.6) is 0 Å². The Morgan fingerprint density at radius 2 is 1.84 bits per heavy atom. The minimum Gasteiger partial charge on any atom is -0.343 e. The van der Waals surface area contributed by atoms with Gasteiger partial charge in [-0.05, 0) is 52.2 Å². The van der Waals surface area contributed by atoms with Gasteiger partial charge in [0.15, 0.2) is 0 Å². The fourth-order valence-electron chi connectivity index (χ4n) is 2.92. The highest BCUT2D eigenvalue weighted by Gasteiger charge is 2.40. The monoisotopic (exact) mass is 267 g/mol. The van der Waals surface area contributed by atoms with Crippen molar-refractivity contribution in [2.45, 2.75) is 45.7 Å². The van der Waals surface area contributed by atoms with Crippen LogP contribution in [0.25, 0.3) is 0 Å². The van der Waals surface area contributed by atoms with Gasteiger partial charge in [-0.15, -0.1) is 0 Å². The Labute approximate surface area is 115 Å². The van der Waals surface area contributed by atoms with Crippen molar-refractivity contribution in [1.82, 2.24) is 15.1 Å². The number of hydrogen-bond acceptors (Lipinski definition) is 3. The van der Waals surface area contributed by atoms with E-state index in [1.165, 1.54) is 0 Å². The Hall–Kier alpha value is -1.10. The second-order valence-corrected chi connectivity index (χ2v) is 6.49. The van der Waals surface area contributed by atoms with E-state index >= 15 is 0 Å². The zero-order valence-electron chi connectivity index (χ0n) is 12.4. The molecule has 108 valence electrons. The SMILES string of the molecule is CC1NC(=O)C(C)N(CC2(C)CCN(C)CC2)C1=O. The van der Waals surface area contributed by atoms with Crippen LogP contribution in [0.15, 0.2) is 0 Å². The summed E-state index contributed by atoms with van der Waals surface area (Å²) in [5.41, 5.74) is 0.133. The van der Waals surface area contributed by atoms with E-state index in [-0.39, 0.29) is 23.3 Å². The van der Waals surface area contributed by atoms with E-state index in [0.29, 0.717) is 6.54 Å². The normalized spacial score (nSPS) is 32.3. The highest BCUT2D eigenvalue weighted by Crippen LogP contribution is 2.32. The van der Waals surface area contributed by atoms with E-state index in [2.05, 4.69) is 24.2 Å². The van der Waals surface area contributed by atoms with Gasteiger partial charge in [-0.25, -0.2) is 0 Å². The number of nitrogens with zero attached hydrogens (tertiary/aromatic N) is 2. The number of rotatable bonds is 2. The predicted molar refractivity (Wildman–Crippen MR) is 73.6 cm³/mol. The molecule has 1 N–H and O–H groups in total. The maximum atomic E-state index is 12.3. The number of likely N-dealkylation sites (tertiary alicyclic amines) is 1. The molecule has 2 fully saturated rings. The summed E-state index contributed by atoms with van der Waals surface area (Å²) in [7, 11) is 2.13. The van der Waals surface area contributed by atoms with Crippen molar-refractivity contribution in [2.24, 2.45) is 5.41 Å². The fourth-order valence-corrected chi connectivity index (χ4v) is 2.92. The van der Waals surface area contributed by atoms with Crippen LogP contribution in [0.1, 0.15) is 33.6 Å². The molecular weight excluding hydrogens is 242 g/mol. The first-order chi connectivity index (χ1) is 8.82. The standard InChI is InChI=1S/C14H25N3O2/c1-10-13(19)17(11(2)12(18)15-10)9-14(3)5-7-16(4)8-6-14/h10-11H,5-9H2,1-4H3,(H,15,18). The molecule has 0 radical (unpaired) electrons. The summed E-state index contributed by atoms with van der Waals surface area (Å²) in [6.07, 6.45) is 2.16. The maximum absolute atomic E-state index is 12.3. The predicted octanol–water partition coefficient (Wildman–Crippen LogP) is 0.454. The first-order valence-electron chi connectivity index (χ1n) is 7.12. The third-order valence-electron chi connectivity index (χ3n) is 4.61. The van der Waals surface area contributed by atoms with E-state index in [9.17, 15) is 9.59 Å². The van der Waals surface area contributed by atoms with E-state index in [0.717, 1.165) is 25.9 Å². The zero-order chi connectivity index (χ0) is 14.2. The molecule has 2 atom stereocenters. The maximum Gasteiger partial charge on any atom is 0.245 e. The molecule has 19 heavy (non-hydrogen) atoms. The van der Waals surface area contributed by atoms with Gasteiger partial charge < -0.3 is 15.1 Å². The van der Waals surface area contributed by atoms with Gasteiger partial charge in [-0.1, -0.05) is 6.92 Å². The van der Waals surface area contributed by atoms with Gasteiger partial charge in [0.2, 0.25) is 11.8 Å². The van der Waals surface area contributed by atoms with Gasteiger partial charge >= 0.3 is 0 Å². The van der Waals surface area contributed by atoms with Crippen LogP contribution in [0, 0.1) is 5.41 Å². The topological polar surface area (TPSA) is 52.7 Å². The lowest BCUT2D eigenvalue weighted by atomic mass is 9.79. The second kappa shape index (κ2) is 5.12. The molecule has 0 aromatic carbocycles. The molecule has 2 amide bonds. The van der Waals surface area contributed by atoms with Crippen molar-refractivity contribution >= 4 is 11.8 Å². The first kappa shape index (κ1) is 14.3. The third kappa shape index (κ3) is 2.91. The lowest BCUT2D eigenvalue weighted by Gasteiger charge is -2.45. The van der Waals surface area contributed by atoms with Gasteiger partial charge in [0.05, 0.1) is 0 Å². The zero-order valence-corrected chi connectivity index (χ0v) is 12.4. The van der Waals surface area contributed by atoms with Crippen molar-refractivity contribution in [3.8, 4) is 0 Å². The van der Waals surface area contributed by atoms with Crippen LogP contribution in [0.4, 0.5) is 0 Å². The lowest BCUT2D eigenvalue weighted by molar-refractivity contribution is -0.150. The van der Waals surface area contributed by atoms with Crippen molar-refractivity contribution in [1.29, 1.82) is 0 Å². The summed E-state index contributed by atoms with van der Waals surface area (Å²) in [4.78, 5) is 28.2. The van der Waals surface area contributed by atoms with Gasteiger partial charge in [0, 0.05) is 6.54 Å². The number of piperidine rings is 1. The van der Waals surface area contributed by atoms with E-state index in [1.54, 1.807) is 11.8 Å². The quantitative estimate of drug-likeness (QED) is 0.790. The molecule has 2 unspecified atom stereocenters. The Morgan fingerprint density at radius 1 is 1.26 bits per heavy atom. The second-order valence-electron chi connectivity index (χ2n) is 6.49. The van der Waals surface area contributed by atoms with Crippen LogP contribution in [-0.2, 0) is 9.59 Å². The minimum atomic E-state index is -0.390. The van der Waals surface area contributed by atoms with Gasteiger partial charge in [-0.2, -0.15) is 0 Å².